The molecule has 0 aliphatic heterocycles. The Morgan fingerprint density at radius 3 is 2.61 bits per heavy atom. The molecule has 2 N–H and O–H groups in total. The van der Waals surface area contributed by atoms with E-state index in [1.807, 2.05) is 30.3 Å². The van der Waals surface area contributed by atoms with Crippen LogP contribution in [0.2, 0.25) is 0 Å². The second-order valence-corrected chi connectivity index (χ2v) is 6.21. The number of ketones is 1. The van der Waals surface area contributed by atoms with Crippen LogP contribution in [0.15, 0.2) is 30.3 Å². The molecule has 4 atom stereocenters. The lowest BCUT2D eigenvalue weighted by molar-refractivity contribution is -0.155. The van der Waals surface area contributed by atoms with Crippen LogP contribution in [0.4, 0.5) is 4.79 Å². The molecular weight excluding hydrogens is 298 g/mol. The lowest BCUT2D eigenvalue weighted by Gasteiger charge is -2.45. The summed E-state index contributed by atoms with van der Waals surface area (Å²) in [4.78, 5) is 35.4. The molecule has 3 aliphatic carbocycles. The quantitative estimate of drug-likeness (QED) is 0.886. The third-order valence-electron chi connectivity index (χ3n) is 4.84. The normalized spacial score (nSPS) is 29.1. The fourth-order valence-corrected chi connectivity index (χ4v) is 3.73. The minimum atomic E-state index is -1.03. The lowest BCUT2D eigenvalue weighted by atomic mass is 9.61. The summed E-state index contributed by atoms with van der Waals surface area (Å²) in [6, 6.07) is 8.72. The van der Waals surface area contributed by atoms with E-state index in [0.717, 1.165) is 12.0 Å². The van der Waals surface area contributed by atoms with Gasteiger partial charge in [-0.2, -0.15) is 0 Å². The largest absolute Gasteiger partial charge is 0.481 e. The third kappa shape index (κ3) is 3.21. The highest BCUT2D eigenvalue weighted by Crippen LogP contribution is 2.43. The Balaban J connectivity index is 1.62. The number of Topliss-reactive ketones (excluding diaryl/α,β-unsaturated/α-hetero) is 1. The van der Waals surface area contributed by atoms with E-state index in [1.54, 1.807) is 0 Å². The molecule has 0 spiro atoms. The Bertz CT molecular complexity index is 615. The Labute approximate surface area is 133 Å². The smallest absolute Gasteiger partial charge is 0.407 e. The molecular formula is C17H19NO5. The van der Waals surface area contributed by atoms with Gasteiger partial charge in [0.2, 0.25) is 0 Å². The van der Waals surface area contributed by atoms with Crippen LogP contribution in [-0.4, -0.2) is 29.0 Å². The van der Waals surface area contributed by atoms with Gasteiger partial charge in [-0.05, 0) is 24.3 Å². The van der Waals surface area contributed by atoms with Gasteiger partial charge in [0.25, 0.3) is 0 Å². The van der Waals surface area contributed by atoms with E-state index < -0.39 is 29.9 Å². The molecule has 1 aromatic rings. The number of carbonyl (C=O) groups is 3. The van der Waals surface area contributed by atoms with E-state index in [9.17, 15) is 19.5 Å². The zero-order valence-electron chi connectivity index (χ0n) is 12.6. The van der Waals surface area contributed by atoms with Gasteiger partial charge in [0.1, 0.15) is 12.4 Å². The number of carboxylic acid groups (broad SMARTS) is 1. The van der Waals surface area contributed by atoms with Crippen LogP contribution in [0.3, 0.4) is 0 Å². The Morgan fingerprint density at radius 1 is 1.22 bits per heavy atom. The Kier molecular flexibility index (Phi) is 4.32. The number of hydrogen-bond donors (Lipinski definition) is 2. The molecule has 23 heavy (non-hydrogen) atoms. The number of alkyl carbamates (subject to hydrolysis) is 1. The maximum atomic E-state index is 12.0. The summed E-state index contributed by atoms with van der Waals surface area (Å²) < 4.78 is 5.17. The fourth-order valence-electron chi connectivity index (χ4n) is 3.73. The predicted molar refractivity (Wildman–Crippen MR) is 80.5 cm³/mol. The van der Waals surface area contributed by atoms with E-state index in [-0.39, 0.29) is 18.3 Å². The van der Waals surface area contributed by atoms with Crippen LogP contribution in [0.5, 0.6) is 0 Å². The van der Waals surface area contributed by atoms with E-state index in [4.69, 9.17) is 4.74 Å². The Morgan fingerprint density at radius 2 is 1.96 bits per heavy atom. The number of benzene rings is 1. The van der Waals surface area contributed by atoms with Gasteiger partial charge in [-0.3, -0.25) is 9.59 Å². The van der Waals surface area contributed by atoms with E-state index in [2.05, 4.69) is 5.32 Å². The average molecular weight is 317 g/mol. The second-order valence-electron chi connectivity index (χ2n) is 6.21. The number of carboxylic acids is 1. The third-order valence-corrected chi connectivity index (χ3v) is 4.84. The predicted octanol–water partition coefficient (Wildman–Crippen LogP) is 1.98. The zero-order valence-corrected chi connectivity index (χ0v) is 12.6. The van der Waals surface area contributed by atoms with Crippen molar-refractivity contribution < 1.29 is 24.2 Å². The molecule has 3 saturated carbocycles. The minimum absolute atomic E-state index is 0.00403. The second kappa shape index (κ2) is 6.40. The number of aliphatic carboxylic acids is 1. The molecule has 0 aromatic heterocycles. The highest BCUT2D eigenvalue weighted by Gasteiger charge is 2.52. The summed E-state index contributed by atoms with van der Waals surface area (Å²) in [6.07, 6.45) is 1.07. The Hall–Kier alpha value is -2.37. The van der Waals surface area contributed by atoms with Crippen LogP contribution in [0, 0.1) is 17.8 Å². The monoisotopic (exact) mass is 317 g/mol. The summed E-state index contributed by atoms with van der Waals surface area (Å²) in [5, 5.41) is 12.1. The van der Waals surface area contributed by atoms with Crippen molar-refractivity contribution in [3.05, 3.63) is 35.9 Å². The molecule has 2 bridgehead atoms. The topological polar surface area (TPSA) is 92.7 Å². The number of ether oxygens (including phenoxy) is 1. The molecule has 6 heteroatoms. The summed E-state index contributed by atoms with van der Waals surface area (Å²) >= 11 is 0. The summed E-state index contributed by atoms with van der Waals surface area (Å²) in [6.45, 7) is 0.129. The van der Waals surface area contributed by atoms with E-state index >= 15 is 0 Å². The number of rotatable bonds is 4. The van der Waals surface area contributed by atoms with Crippen molar-refractivity contribution in [2.75, 3.05) is 0 Å². The highest BCUT2D eigenvalue weighted by molar-refractivity contribution is 5.89. The lowest BCUT2D eigenvalue weighted by Crippen LogP contribution is -2.58. The summed E-state index contributed by atoms with van der Waals surface area (Å²) in [5.41, 5.74) is 0.859. The zero-order chi connectivity index (χ0) is 16.4. The van der Waals surface area contributed by atoms with Gasteiger partial charge in [-0.1, -0.05) is 30.3 Å². The van der Waals surface area contributed by atoms with Crippen LogP contribution >= 0.6 is 0 Å². The molecule has 122 valence electrons. The van der Waals surface area contributed by atoms with Crippen molar-refractivity contribution in [2.45, 2.75) is 31.9 Å². The van der Waals surface area contributed by atoms with Crippen molar-refractivity contribution in [1.82, 2.24) is 5.32 Å². The summed E-state index contributed by atoms with van der Waals surface area (Å²) in [5.74, 6) is -2.47. The van der Waals surface area contributed by atoms with Gasteiger partial charge in [0.05, 0.1) is 5.92 Å². The van der Waals surface area contributed by atoms with Gasteiger partial charge in [0, 0.05) is 18.4 Å². The first-order chi connectivity index (χ1) is 11.1. The van der Waals surface area contributed by atoms with Gasteiger partial charge < -0.3 is 15.2 Å². The van der Waals surface area contributed by atoms with Crippen LogP contribution < -0.4 is 5.32 Å². The van der Waals surface area contributed by atoms with Crippen molar-refractivity contribution in [3.63, 3.8) is 0 Å². The number of amides is 1. The highest BCUT2D eigenvalue weighted by atomic mass is 16.5. The van der Waals surface area contributed by atoms with Crippen molar-refractivity contribution in [2.24, 2.45) is 17.8 Å². The maximum absolute atomic E-state index is 12.0. The molecule has 0 heterocycles. The molecule has 3 aliphatic rings. The number of fused-ring (bicyclic) bond motifs is 3. The molecule has 0 unspecified atom stereocenters. The van der Waals surface area contributed by atoms with Crippen molar-refractivity contribution in [3.8, 4) is 0 Å². The van der Waals surface area contributed by atoms with E-state index in [1.165, 1.54) is 0 Å². The molecule has 4 rings (SSSR count). The molecule has 6 nitrogen and oxygen atoms in total. The molecule has 1 aromatic carbocycles. The summed E-state index contributed by atoms with van der Waals surface area (Å²) in [7, 11) is 0. The van der Waals surface area contributed by atoms with Crippen LogP contribution in [0.1, 0.15) is 24.8 Å². The van der Waals surface area contributed by atoms with Crippen LogP contribution in [-0.2, 0) is 20.9 Å². The molecule has 3 fully saturated rings. The first kappa shape index (κ1) is 15.5. The van der Waals surface area contributed by atoms with Crippen molar-refractivity contribution in [1.29, 1.82) is 0 Å². The van der Waals surface area contributed by atoms with Crippen molar-refractivity contribution >= 4 is 17.8 Å². The fraction of sp³-hybridized carbons (Fsp3) is 0.471. The maximum Gasteiger partial charge on any atom is 0.407 e. The minimum Gasteiger partial charge on any atom is -0.481 e. The molecule has 1 amide bonds. The first-order valence-corrected chi connectivity index (χ1v) is 7.79. The van der Waals surface area contributed by atoms with Gasteiger partial charge in [-0.15, -0.1) is 0 Å². The molecule has 0 radical (unpaired) electrons. The molecule has 0 saturated heterocycles. The van der Waals surface area contributed by atoms with Gasteiger partial charge in [-0.25, -0.2) is 4.79 Å². The van der Waals surface area contributed by atoms with E-state index in [0.29, 0.717) is 12.8 Å². The number of nitrogens with one attached hydrogen (secondary N) is 1. The number of hydrogen-bond acceptors (Lipinski definition) is 4. The standard InChI is InChI=1S/C17H19NO5/c19-13-8-11-6-7-12(13)14(16(20)21)15(11)18-17(22)23-9-10-4-2-1-3-5-10/h1-5,11-12,14-15H,6-9H2,(H,18,22)(H,20,21)/t11-,12+,14+,15+/m1/s1. The van der Waals surface area contributed by atoms with Crippen LogP contribution in [0.25, 0.3) is 0 Å². The average Bonchev–Trinajstić information content (AvgIpc) is 2.54. The number of carbonyl (C=O) groups excluding carboxylic acids is 2. The van der Waals surface area contributed by atoms with Gasteiger partial charge in [0.15, 0.2) is 0 Å². The SMILES string of the molecule is O=C(N[C@H]1[C@@H]2CC[C@@H](C(=O)C2)[C@@H]1C(=O)O)OCc1ccccc1. The first-order valence-electron chi connectivity index (χ1n) is 7.79. The van der Waals surface area contributed by atoms with Gasteiger partial charge >= 0.3 is 12.1 Å².